The topological polar surface area (TPSA) is 85.0 Å². The van der Waals surface area contributed by atoms with Gasteiger partial charge in [-0.25, -0.2) is 15.0 Å². The number of benzene rings is 1. The van der Waals surface area contributed by atoms with Crippen LogP contribution in [0.5, 0.6) is 0 Å². The van der Waals surface area contributed by atoms with Crippen LogP contribution in [0, 0.1) is 6.92 Å². The third-order valence-corrected chi connectivity index (χ3v) is 4.82. The number of hydrogen-bond donors (Lipinski definition) is 1. The summed E-state index contributed by atoms with van der Waals surface area (Å²) in [5, 5.41) is 0. The molecule has 0 saturated heterocycles. The summed E-state index contributed by atoms with van der Waals surface area (Å²) in [5.41, 5.74) is 10.3. The lowest BCUT2D eigenvalue weighted by Crippen LogP contribution is -2.33. The zero-order valence-corrected chi connectivity index (χ0v) is 15.2. The van der Waals surface area contributed by atoms with Crippen LogP contribution in [-0.4, -0.2) is 27.3 Å². The quantitative estimate of drug-likeness (QED) is 0.721. The van der Waals surface area contributed by atoms with E-state index < -0.39 is 0 Å². The van der Waals surface area contributed by atoms with Crippen molar-refractivity contribution in [1.29, 1.82) is 0 Å². The van der Waals surface area contributed by atoms with Crippen molar-refractivity contribution in [3.63, 3.8) is 0 Å². The van der Waals surface area contributed by atoms with Crippen LogP contribution in [0.15, 0.2) is 48.7 Å². The number of aromatic nitrogens is 3. The monoisotopic (exact) mass is 359 g/mol. The number of nitrogen functional groups attached to an aromatic ring is 1. The second-order valence-electron chi connectivity index (χ2n) is 6.79. The Labute approximate surface area is 158 Å². The number of nitrogens with two attached hydrogens (primary N) is 1. The smallest absolute Gasteiger partial charge is 0.220 e. The van der Waals surface area contributed by atoms with Crippen molar-refractivity contribution in [2.24, 2.45) is 0 Å². The van der Waals surface area contributed by atoms with Crippen LogP contribution >= 0.6 is 0 Å². The first-order chi connectivity index (χ1) is 13.1. The van der Waals surface area contributed by atoms with Gasteiger partial charge in [-0.05, 0) is 24.1 Å². The van der Waals surface area contributed by atoms with E-state index in [-0.39, 0.29) is 5.78 Å². The van der Waals surface area contributed by atoms with Crippen molar-refractivity contribution in [3.8, 4) is 0 Å². The number of ketones is 1. The largest absolute Gasteiger partial charge is 0.368 e. The van der Waals surface area contributed by atoms with E-state index in [0.29, 0.717) is 24.6 Å². The molecular formula is C21H21N5O. The maximum Gasteiger partial charge on any atom is 0.220 e. The lowest BCUT2D eigenvalue weighted by Gasteiger charge is -2.30. The molecule has 0 spiro atoms. The van der Waals surface area contributed by atoms with Gasteiger partial charge in [0.2, 0.25) is 5.95 Å². The van der Waals surface area contributed by atoms with E-state index >= 15 is 0 Å². The highest BCUT2D eigenvalue weighted by atomic mass is 16.1. The maximum absolute atomic E-state index is 12.7. The fraction of sp³-hybridized carbons (Fsp3) is 0.238. The van der Waals surface area contributed by atoms with Crippen LogP contribution < -0.4 is 10.6 Å². The zero-order valence-electron chi connectivity index (χ0n) is 15.2. The fourth-order valence-corrected chi connectivity index (χ4v) is 3.38. The van der Waals surface area contributed by atoms with Gasteiger partial charge in [0.15, 0.2) is 5.78 Å². The minimum absolute atomic E-state index is 0.0240. The Hall–Kier alpha value is -3.28. The second-order valence-corrected chi connectivity index (χ2v) is 6.79. The molecule has 1 aromatic carbocycles. The Morgan fingerprint density at radius 1 is 1.15 bits per heavy atom. The predicted octanol–water partition coefficient (Wildman–Crippen LogP) is 2.75. The molecule has 136 valence electrons. The summed E-state index contributed by atoms with van der Waals surface area (Å²) in [6.45, 7) is 3.47. The summed E-state index contributed by atoms with van der Waals surface area (Å²) >= 11 is 0. The number of carbonyl (C=O) groups excluding carboxylic acids is 1. The van der Waals surface area contributed by atoms with Crippen LogP contribution in [0.3, 0.4) is 0 Å². The summed E-state index contributed by atoms with van der Waals surface area (Å²) in [4.78, 5) is 28.0. The minimum atomic E-state index is 0.0240. The molecule has 0 fully saturated rings. The van der Waals surface area contributed by atoms with E-state index in [4.69, 9.17) is 10.7 Å². The van der Waals surface area contributed by atoms with E-state index in [1.54, 1.807) is 6.20 Å². The lowest BCUT2D eigenvalue weighted by atomic mass is 10.0. The number of fused-ring (bicyclic) bond motifs is 1. The average molecular weight is 359 g/mol. The van der Waals surface area contributed by atoms with Crippen molar-refractivity contribution in [1.82, 2.24) is 15.0 Å². The zero-order chi connectivity index (χ0) is 18.8. The summed E-state index contributed by atoms with van der Waals surface area (Å²) in [5.74, 6) is 1.18. The van der Waals surface area contributed by atoms with Gasteiger partial charge in [0, 0.05) is 37.7 Å². The van der Waals surface area contributed by atoms with E-state index in [1.807, 2.05) is 49.4 Å². The molecule has 0 atom stereocenters. The first-order valence-electron chi connectivity index (χ1n) is 9.00. The molecule has 27 heavy (non-hydrogen) atoms. The third kappa shape index (κ3) is 3.65. The van der Waals surface area contributed by atoms with Gasteiger partial charge in [0.05, 0.1) is 5.69 Å². The molecular weight excluding hydrogens is 338 g/mol. The number of Topliss-reactive ketones (excluding diaryl/α,β-unsaturated/α-hetero) is 1. The van der Waals surface area contributed by atoms with Gasteiger partial charge in [-0.2, -0.15) is 0 Å². The molecule has 6 heteroatoms. The SMILES string of the molecule is Cc1ccc(C(=O)Cc2ccccc2)nc1N1CCc2nc(N)ncc2C1. The number of aryl methyl sites for hydroxylation is 1. The molecule has 0 aliphatic carbocycles. The molecule has 2 aromatic heterocycles. The predicted molar refractivity (Wildman–Crippen MR) is 105 cm³/mol. The highest BCUT2D eigenvalue weighted by Crippen LogP contribution is 2.25. The van der Waals surface area contributed by atoms with Crippen molar-refractivity contribution in [3.05, 3.63) is 76.7 Å². The average Bonchev–Trinajstić information content (AvgIpc) is 2.68. The minimum Gasteiger partial charge on any atom is -0.368 e. The summed E-state index contributed by atoms with van der Waals surface area (Å²) in [7, 11) is 0. The molecule has 3 aromatic rings. The normalized spacial score (nSPS) is 13.3. The Kier molecular flexibility index (Phi) is 4.54. The van der Waals surface area contributed by atoms with E-state index in [9.17, 15) is 4.79 Å². The molecule has 1 aliphatic heterocycles. The Morgan fingerprint density at radius 2 is 1.96 bits per heavy atom. The van der Waals surface area contributed by atoms with Crippen molar-refractivity contribution >= 4 is 17.5 Å². The van der Waals surface area contributed by atoms with Crippen LogP contribution in [0.25, 0.3) is 0 Å². The molecule has 1 aliphatic rings. The number of carbonyl (C=O) groups is 1. The van der Waals surface area contributed by atoms with E-state index in [2.05, 4.69) is 14.9 Å². The van der Waals surface area contributed by atoms with Crippen LogP contribution in [0.4, 0.5) is 11.8 Å². The van der Waals surface area contributed by atoms with Gasteiger partial charge in [-0.1, -0.05) is 36.4 Å². The van der Waals surface area contributed by atoms with Crippen LogP contribution in [-0.2, 0) is 19.4 Å². The number of hydrogen-bond acceptors (Lipinski definition) is 6. The standard InChI is InChI=1S/C21H21N5O/c1-14-7-8-18(19(27)11-15-5-3-2-4-6-15)24-20(14)26-10-9-17-16(13-26)12-23-21(22)25-17/h2-8,12H,9-11,13H2,1H3,(H2,22,23,25). The van der Waals surface area contributed by atoms with Gasteiger partial charge in [0.25, 0.3) is 0 Å². The second kappa shape index (κ2) is 7.15. The third-order valence-electron chi connectivity index (χ3n) is 4.82. The molecule has 0 radical (unpaired) electrons. The van der Waals surface area contributed by atoms with Crippen LogP contribution in [0.1, 0.15) is 32.9 Å². The highest BCUT2D eigenvalue weighted by molar-refractivity contribution is 5.96. The van der Waals surface area contributed by atoms with E-state index in [0.717, 1.165) is 41.2 Å². The Bertz CT molecular complexity index is 987. The number of pyridine rings is 1. The van der Waals surface area contributed by atoms with Gasteiger partial charge in [-0.15, -0.1) is 0 Å². The molecule has 0 unspecified atom stereocenters. The molecule has 6 nitrogen and oxygen atoms in total. The highest BCUT2D eigenvalue weighted by Gasteiger charge is 2.21. The maximum atomic E-state index is 12.7. The molecule has 2 N–H and O–H groups in total. The van der Waals surface area contributed by atoms with Crippen molar-refractivity contribution in [2.75, 3.05) is 17.2 Å². The number of nitrogens with zero attached hydrogens (tertiary/aromatic N) is 4. The van der Waals surface area contributed by atoms with Crippen LogP contribution in [0.2, 0.25) is 0 Å². The number of rotatable bonds is 4. The first-order valence-corrected chi connectivity index (χ1v) is 9.00. The Balaban J connectivity index is 1.58. The van der Waals surface area contributed by atoms with Gasteiger partial charge >= 0.3 is 0 Å². The van der Waals surface area contributed by atoms with Crippen molar-refractivity contribution < 1.29 is 4.79 Å². The molecule has 0 amide bonds. The number of anilines is 2. The lowest BCUT2D eigenvalue weighted by molar-refractivity contribution is 0.0988. The first kappa shape index (κ1) is 17.1. The summed E-state index contributed by atoms with van der Waals surface area (Å²) in [6.07, 6.45) is 2.92. The summed E-state index contributed by atoms with van der Waals surface area (Å²) < 4.78 is 0. The van der Waals surface area contributed by atoms with E-state index in [1.165, 1.54) is 0 Å². The fourth-order valence-electron chi connectivity index (χ4n) is 3.38. The molecule has 4 rings (SSSR count). The molecule has 0 bridgehead atoms. The molecule has 3 heterocycles. The van der Waals surface area contributed by atoms with Gasteiger partial charge in [-0.3, -0.25) is 4.79 Å². The van der Waals surface area contributed by atoms with Gasteiger partial charge < -0.3 is 10.6 Å². The summed E-state index contributed by atoms with van der Waals surface area (Å²) in [6, 6.07) is 13.5. The Morgan fingerprint density at radius 3 is 2.78 bits per heavy atom. The van der Waals surface area contributed by atoms with Gasteiger partial charge in [0.1, 0.15) is 11.5 Å². The molecule has 0 saturated carbocycles. The van der Waals surface area contributed by atoms with Crippen molar-refractivity contribution in [2.45, 2.75) is 26.3 Å².